The lowest BCUT2D eigenvalue weighted by molar-refractivity contribution is -0.00547. The minimum absolute atomic E-state index is 0.204. The average Bonchev–Trinajstić information content (AvgIpc) is 2.37. The summed E-state index contributed by atoms with van der Waals surface area (Å²) in [5, 5.41) is 0. The fraction of sp³-hybridized carbons (Fsp3) is 0.692. The van der Waals surface area contributed by atoms with Gasteiger partial charge in [0.25, 0.3) is 0 Å². The quantitative estimate of drug-likeness (QED) is 0.637. The molecule has 1 aliphatic rings. The molecule has 0 radical (unpaired) electrons. The summed E-state index contributed by atoms with van der Waals surface area (Å²) >= 11 is 0. The van der Waals surface area contributed by atoms with Crippen LogP contribution in [0.15, 0.2) is 6.07 Å². The second kappa shape index (κ2) is 5.71. The Balaban J connectivity index is 2.30. The zero-order valence-corrected chi connectivity index (χ0v) is 12.1. The molecule has 6 heteroatoms. The zero-order valence-electron chi connectivity index (χ0n) is 12.1. The van der Waals surface area contributed by atoms with E-state index in [0.29, 0.717) is 5.82 Å². The molecule has 3 N–H and O–H groups in total. The molecule has 0 aliphatic carbocycles. The lowest BCUT2D eigenvalue weighted by Gasteiger charge is -2.36. The van der Waals surface area contributed by atoms with E-state index in [4.69, 9.17) is 10.6 Å². The first kappa shape index (κ1) is 14.0. The van der Waals surface area contributed by atoms with Gasteiger partial charge < -0.3 is 15.1 Å². The Morgan fingerprint density at radius 3 is 2.47 bits per heavy atom. The summed E-state index contributed by atoms with van der Waals surface area (Å²) in [5.74, 6) is 8.12. The van der Waals surface area contributed by atoms with Crippen molar-refractivity contribution in [3.63, 3.8) is 0 Å². The SMILES string of the molecule is CC1CN(c2cc(NN)nc(C(C)C)n2)CC(C)O1. The second-order valence-corrected chi connectivity index (χ2v) is 5.43. The molecular weight excluding hydrogens is 242 g/mol. The third-order valence-corrected chi connectivity index (χ3v) is 3.14. The molecule has 0 spiro atoms. The van der Waals surface area contributed by atoms with Gasteiger partial charge in [0.05, 0.1) is 12.2 Å². The van der Waals surface area contributed by atoms with Gasteiger partial charge in [-0.05, 0) is 13.8 Å². The molecule has 106 valence electrons. The number of nitrogens with zero attached hydrogens (tertiary/aromatic N) is 3. The van der Waals surface area contributed by atoms with Crippen LogP contribution in [-0.4, -0.2) is 35.3 Å². The highest BCUT2D eigenvalue weighted by atomic mass is 16.5. The first-order valence-corrected chi connectivity index (χ1v) is 6.75. The van der Waals surface area contributed by atoms with Gasteiger partial charge in [-0.3, -0.25) is 0 Å². The molecule has 19 heavy (non-hydrogen) atoms. The van der Waals surface area contributed by atoms with E-state index in [-0.39, 0.29) is 18.1 Å². The van der Waals surface area contributed by atoms with Gasteiger partial charge in [0.15, 0.2) is 0 Å². The highest BCUT2D eigenvalue weighted by molar-refractivity contribution is 5.49. The van der Waals surface area contributed by atoms with Crippen LogP contribution in [0.4, 0.5) is 11.6 Å². The molecule has 1 fully saturated rings. The predicted molar refractivity (Wildman–Crippen MR) is 76.2 cm³/mol. The fourth-order valence-corrected chi connectivity index (χ4v) is 2.31. The van der Waals surface area contributed by atoms with Crippen LogP contribution in [0.25, 0.3) is 0 Å². The molecule has 2 heterocycles. The molecular formula is C13H23N5O. The maximum atomic E-state index is 5.75. The van der Waals surface area contributed by atoms with E-state index in [1.807, 2.05) is 6.07 Å². The van der Waals surface area contributed by atoms with Crippen LogP contribution in [-0.2, 0) is 4.74 Å². The van der Waals surface area contributed by atoms with Crippen LogP contribution in [0, 0.1) is 0 Å². The van der Waals surface area contributed by atoms with Crippen molar-refractivity contribution in [2.24, 2.45) is 5.84 Å². The minimum Gasteiger partial charge on any atom is -0.372 e. The maximum absolute atomic E-state index is 5.75. The Morgan fingerprint density at radius 1 is 1.32 bits per heavy atom. The van der Waals surface area contributed by atoms with Crippen molar-refractivity contribution in [3.8, 4) is 0 Å². The molecule has 6 nitrogen and oxygen atoms in total. The molecule has 2 atom stereocenters. The minimum atomic E-state index is 0.204. The van der Waals surface area contributed by atoms with Gasteiger partial charge in [-0.2, -0.15) is 0 Å². The molecule has 2 unspecified atom stereocenters. The van der Waals surface area contributed by atoms with Gasteiger partial charge in [-0.15, -0.1) is 0 Å². The highest BCUT2D eigenvalue weighted by Gasteiger charge is 2.24. The Bertz CT molecular complexity index is 427. The normalized spacial score (nSPS) is 23.8. The molecule has 1 aromatic heterocycles. The van der Waals surface area contributed by atoms with Crippen molar-refractivity contribution >= 4 is 11.6 Å². The van der Waals surface area contributed by atoms with E-state index in [0.717, 1.165) is 24.7 Å². The van der Waals surface area contributed by atoms with Crippen LogP contribution in [0.1, 0.15) is 39.4 Å². The Kier molecular flexibility index (Phi) is 4.21. The molecule has 0 aromatic carbocycles. The summed E-state index contributed by atoms with van der Waals surface area (Å²) in [6.45, 7) is 9.98. The van der Waals surface area contributed by atoms with E-state index in [1.165, 1.54) is 0 Å². The lowest BCUT2D eigenvalue weighted by atomic mass is 10.2. The van der Waals surface area contributed by atoms with Crippen molar-refractivity contribution < 1.29 is 4.74 Å². The Hall–Kier alpha value is -1.40. The third kappa shape index (κ3) is 3.33. The lowest BCUT2D eigenvalue weighted by Crippen LogP contribution is -2.46. The summed E-state index contributed by atoms with van der Waals surface area (Å²) in [7, 11) is 0. The number of nitrogen functional groups attached to an aromatic ring is 1. The number of anilines is 2. The summed E-state index contributed by atoms with van der Waals surface area (Å²) < 4.78 is 5.75. The van der Waals surface area contributed by atoms with E-state index >= 15 is 0 Å². The Labute approximate surface area is 114 Å². The van der Waals surface area contributed by atoms with Crippen molar-refractivity contribution in [1.82, 2.24) is 9.97 Å². The first-order valence-electron chi connectivity index (χ1n) is 6.75. The topological polar surface area (TPSA) is 76.3 Å². The fourth-order valence-electron chi connectivity index (χ4n) is 2.31. The number of hydrazine groups is 1. The molecule has 0 bridgehead atoms. The second-order valence-electron chi connectivity index (χ2n) is 5.43. The maximum Gasteiger partial charge on any atom is 0.145 e. The molecule has 1 aromatic rings. The van der Waals surface area contributed by atoms with Crippen LogP contribution in [0.3, 0.4) is 0 Å². The first-order chi connectivity index (χ1) is 8.99. The summed E-state index contributed by atoms with van der Waals surface area (Å²) in [5.41, 5.74) is 2.62. The number of rotatable bonds is 3. The largest absolute Gasteiger partial charge is 0.372 e. The summed E-state index contributed by atoms with van der Waals surface area (Å²) in [6, 6.07) is 1.89. The van der Waals surface area contributed by atoms with E-state index in [2.05, 4.69) is 48.0 Å². The number of hydrogen-bond donors (Lipinski definition) is 2. The smallest absolute Gasteiger partial charge is 0.145 e. The van der Waals surface area contributed by atoms with E-state index < -0.39 is 0 Å². The van der Waals surface area contributed by atoms with E-state index in [1.54, 1.807) is 0 Å². The Morgan fingerprint density at radius 2 is 1.95 bits per heavy atom. The van der Waals surface area contributed by atoms with Crippen molar-refractivity contribution in [3.05, 3.63) is 11.9 Å². The van der Waals surface area contributed by atoms with Gasteiger partial charge in [0.1, 0.15) is 17.5 Å². The zero-order chi connectivity index (χ0) is 14.0. The summed E-state index contributed by atoms with van der Waals surface area (Å²) in [4.78, 5) is 11.2. The van der Waals surface area contributed by atoms with Gasteiger partial charge in [-0.25, -0.2) is 15.8 Å². The molecule has 1 saturated heterocycles. The molecule has 1 aliphatic heterocycles. The van der Waals surface area contributed by atoms with Gasteiger partial charge in [0.2, 0.25) is 0 Å². The molecule has 2 rings (SSSR count). The predicted octanol–water partition coefficient (Wildman–Crippen LogP) is 1.50. The third-order valence-electron chi connectivity index (χ3n) is 3.14. The molecule has 0 saturated carbocycles. The van der Waals surface area contributed by atoms with Crippen molar-refractivity contribution in [2.45, 2.75) is 45.8 Å². The van der Waals surface area contributed by atoms with Crippen LogP contribution < -0.4 is 16.2 Å². The van der Waals surface area contributed by atoms with Crippen molar-refractivity contribution in [2.75, 3.05) is 23.4 Å². The highest BCUT2D eigenvalue weighted by Crippen LogP contribution is 2.22. The number of ether oxygens (including phenoxy) is 1. The van der Waals surface area contributed by atoms with E-state index in [9.17, 15) is 0 Å². The average molecular weight is 265 g/mol. The summed E-state index contributed by atoms with van der Waals surface area (Å²) in [6.07, 6.45) is 0.408. The standard InChI is InChI=1S/C13H23N5O/c1-8(2)13-15-11(17-14)5-12(16-13)18-6-9(3)19-10(4)7-18/h5,8-10H,6-7,14H2,1-4H3,(H,15,16,17). The molecule has 0 amide bonds. The van der Waals surface area contributed by atoms with Crippen LogP contribution in [0.2, 0.25) is 0 Å². The van der Waals surface area contributed by atoms with Crippen LogP contribution >= 0.6 is 0 Å². The number of hydrogen-bond acceptors (Lipinski definition) is 6. The van der Waals surface area contributed by atoms with Gasteiger partial charge in [0, 0.05) is 25.1 Å². The monoisotopic (exact) mass is 265 g/mol. The number of nitrogens with two attached hydrogens (primary N) is 1. The number of nitrogens with one attached hydrogen (secondary N) is 1. The number of morpholine rings is 1. The van der Waals surface area contributed by atoms with Gasteiger partial charge in [-0.1, -0.05) is 13.8 Å². The number of aromatic nitrogens is 2. The van der Waals surface area contributed by atoms with Gasteiger partial charge >= 0.3 is 0 Å². The van der Waals surface area contributed by atoms with Crippen molar-refractivity contribution in [1.29, 1.82) is 0 Å². The van der Waals surface area contributed by atoms with Crippen LogP contribution in [0.5, 0.6) is 0 Å².